The van der Waals surface area contributed by atoms with Crippen LogP contribution in [0.3, 0.4) is 0 Å². The molecule has 1 fully saturated rings. The third-order valence-corrected chi connectivity index (χ3v) is 5.61. The Kier molecular flexibility index (Phi) is 5.65. The number of pyridine rings is 1. The summed E-state index contributed by atoms with van der Waals surface area (Å²) < 4.78 is 16.5. The molecule has 2 unspecified atom stereocenters. The number of aromatic nitrogens is 4. The highest BCUT2D eigenvalue weighted by molar-refractivity contribution is 6.04. The van der Waals surface area contributed by atoms with Crippen molar-refractivity contribution in [1.29, 1.82) is 0 Å². The van der Waals surface area contributed by atoms with Crippen LogP contribution < -0.4 is 5.32 Å². The van der Waals surface area contributed by atoms with E-state index in [1.54, 1.807) is 31.5 Å². The largest absolute Gasteiger partial charge is 0.310 e. The Balaban J connectivity index is 1.58. The molecule has 3 aromatic rings. The van der Waals surface area contributed by atoms with E-state index in [2.05, 4.69) is 32.2 Å². The zero-order valence-corrected chi connectivity index (χ0v) is 18.0. The summed E-state index contributed by atoms with van der Waals surface area (Å²) >= 11 is 0. The average molecular weight is 434 g/mol. The van der Waals surface area contributed by atoms with Crippen molar-refractivity contribution in [3.8, 4) is 11.5 Å². The van der Waals surface area contributed by atoms with Gasteiger partial charge in [0.2, 0.25) is 5.91 Å². The second kappa shape index (κ2) is 8.41. The first-order chi connectivity index (χ1) is 15.3. The molecule has 2 atom stereocenters. The van der Waals surface area contributed by atoms with Crippen LogP contribution in [0.1, 0.15) is 53.7 Å². The SMILES string of the molecule is C=NC(=O)C1CC1c1cc(C(=O)Nc2cccc(-c3nncn3C(C)C)n2)c(F)cc1C. The number of aliphatic imine (C=N–C) groups is 1. The number of amides is 2. The van der Waals surface area contributed by atoms with Gasteiger partial charge < -0.3 is 9.88 Å². The third kappa shape index (κ3) is 4.05. The van der Waals surface area contributed by atoms with Crippen molar-refractivity contribution >= 4 is 24.3 Å². The Morgan fingerprint density at radius 1 is 1.31 bits per heavy atom. The Labute approximate surface area is 184 Å². The van der Waals surface area contributed by atoms with E-state index in [1.807, 2.05) is 18.4 Å². The fourth-order valence-corrected chi connectivity index (χ4v) is 3.81. The van der Waals surface area contributed by atoms with Gasteiger partial charge in [0.05, 0.1) is 5.56 Å². The fourth-order valence-electron chi connectivity index (χ4n) is 3.81. The molecule has 9 heteroatoms. The third-order valence-electron chi connectivity index (χ3n) is 5.61. The Morgan fingerprint density at radius 3 is 2.81 bits per heavy atom. The minimum Gasteiger partial charge on any atom is -0.310 e. The van der Waals surface area contributed by atoms with Crippen LogP contribution in [-0.4, -0.2) is 38.3 Å². The van der Waals surface area contributed by atoms with Gasteiger partial charge in [-0.25, -0.2) is 14.4 Å². The summed E-state index contributed by atoms with van der Waals surface area (Å²) in [5, 5.41) is 10.7. The molecule has 8 nitrogen and oxygen atoms in total. The summed E-state index contributed by atoms with van der Waals surface area (Å²) in [5.41, 5.74) is 1.89. The van der Waals surface area contributed by atoms with Crippen LogP contribution in [0.2, 0.25) is 0 Å². The van der Waals surface area contributed by atoms with E-state index in [-0.39, 0.29) is 35.2 Å². The molecule has 1 aliphatic carbocycles. The Morgan fingerprint density at radius 2 is 2.09 bits per heavy atom. The van der Waals surface area contributed by atoms with Crippen molar-refractivity contribution in [3.63, 3.8) is 0 Å². The van der Waals surface area contributed by atoms with Crippen molar-refractivity contribution in [3.05, 3.63) is 59.2 Å². The van der Waals surface area contributed by atoms with Gasteiger partial charge >= 0.3 is 0 Å². The molecule has 0 saturated heterocycles. The lowest BCUT2D eigenvalue weighted by atomic mass is 9.99. The second-order valence-electron chi connectivity index (χ2n) is 8.15. The molecule has 32 heavy (non-hydrogen) atoms. The van der Waals surface area contributed by atoms with E-state index in [4.69, 9.17) is 0 Å². The molecule has 1 aliphatic rings. The van der Waals surface area contributed by atoms with Crippen LogP contribution in [0.15, 0.2) is 41.7 Å². The standard InChI is InChI=1S/C23H23FN6O2/c1-12(2)30-11-26-29-21(30)19-6-5-7-20(27-19)28-23(32)17-9-14(13(3)8-18(17)24)15-10-16(15)22(31)25-4/h5-9,11-12,15-16H,4,10H2,1-3H3,(H,27,28,32). The van der Waals surface area contributed by atoms with Crippen molar-refractivity contribution in [2.24, 2.45) is 10.9 Å². The van der Waals surface area contributed by atoms with Gasteiger partial charge in [-0.3, -0.25) is 9.59 Å². The lowest BCUT2D eigenvalue weighted by Crippen LogP contribution is -2.16. The van der Waals surface area contributed by atoms with Crippen LogP contribution in [-0.2, 0) is 4.79 Å². The summed E-state index contributed by atoms with van der Waals surface area (Å²) in [6, 6.07) is 8.09. The van der Waals surface area contributed by atoms with E-state index in [1.165, 1.54) is 12.1 Å². The Hall–Kier alpha value is -3.75. The van der Waals surface area contributed by atoms with Crippen LogP contribution in [0.25, 0.3) is 11.5 Å². The van der Waals surface area contributed by atoms with Crippen LogP contribution in [0.5, 0.6) is 0 Å². The normalized spacial score (nSPS) is 17.3. The number of aryl methyl sites for hydroxylation is 1. The number of rotatable bonds is 6. The van der Waals surface area contributed by atoms with Gasteiger partial charge in [-0.15, -0.1) is 10.2 Å². The van der Waals surface area contributed by atoms with Crippen molar-refractivity contribution in [2.75, 3.05) is 5.32 Å². The highest BCUT2D eigenvalue weighted by Gasteiger charge is 2.44. The van der Waals surface area contributed by atoms with Gasteiger partial charge in [0.15, 0.2) is 5.82 Å². The maximum Gasteiger partial charge on any atom is 0.259 e. The highest BCUT2D eigenvalue weighted by Crippen LogP contribution is 2.49. The molecule has 1 saturated carbocycles. The van der Waals surface area contributed by atoms with Gasteiger partial charge in [0.25, 0.3) is 5.91 Å². The van der Waals surface area contributed by atoms with E-state index >= 15 is 0 Å². The summed E-state index contributed by atoms with van der Waals surface area (Å²) in [6.07, 6.45) is 2.24. The molecule has 4 rings (SSSR count). The number of nitrogens with zero attached hydrogens (tertiary/aromatic N) is 5. The molecule has 0 aliphatic heterocycles. The van der Waals surface area contributed by atoms with E-state index in [0.717, 1.165) is 5.56 Å². The van der Waals surface area contributed by atoms with E-state index in [0.29, 0.717) is 23.5 Å². The van der Waals surface area contributed by atoms with Crippen LogP contribution >= 0.6 is 0 Å². The first-order valence-corrected chi connectivity index (χ1v) is 10.3. The number of hydrogen-bond acceptors (Lipinski definition) is 5. The summed E-state index contributed by atoms with van der Waals surface area (Å²) in [4.78, 5) is 32.6. The monoisotopic (exact) mass is 434 g/mol. The fraction of sp³-hybridized carbons (Fsp3) is 0.304. The van der Waals surface area contributed by atoms with Crippen molar-refractivity contribution in [1.82, 2.24) is 19.7 Å². The maximum atomic E-state index is 14.6. The number of halogens is 1. The lowest BCUT2D eigenvalue weighted by molar-refractivity contribution is -0.118. The zero-order valence-electron chi connectivity index (χ0n) is 18.0. The summed E-state index contributed by atoms with van der Waals surface area (Å²) in [6.45, 7) is 9.04. The molecular formula is C23H23FN6O2. The molecule has 164 valence electrons. The number of anilines is 1. The van der Waals surface area contributed by atoms with Gasteiger partial charge in [0, 0.05) is 12.0 Å². The molecule has 0 bridgehead atoms. The molecule has 2 heterocycles. The van der Waals surface area contributed by atoms with E-state index in [9.17, 15) is 14.0 Å². The summed E-state index contributed by atoms with van der Waals surface area (Å²) in [5.74, 6) is -1.04. The number of benzene rings is 1. The molecule has 2 aromatic heterocycles. The van der Waals surface area contributed by atoms with Crippen LogP contribution in [0.4, 0.5) is 10.2 Å². The molecule has 0 radical (unpaired) electrons. The summed E-state index contributed by atoms with van der Waals surface area (Å²) in [7, 11) is 0. The van der Waals surface area contributed by atoms with E-state index < -0.39 is 11.7 Å². The predicted octanol–water partition coefficient (Wildman–Crippen LogP) is 3.95. The molecule has 1 N–H and O–H groups in total. The van der Waals surface area contributed by atoms with Gasteiger partial charge in [-0.1, -0.05) is 6.07 Å². The minimum absolute atomic E-state index is 0.0796. The zero-order chi connectivity index (χ0) is 23.0. The van der Waals surface area contributed by atoms with Gasteiger partial charge in [-0.2, -0.15) is 0 Å². The van der Waals surface area contributed by atoms with Crippen molar-refractivity contribution in [2.45, 2.75) is 39.2 Å². The molecular weight excluding hydrogens is 411 g/mol. The smallest absolute Gasteiger partial charge is 0.259 e. The second-order valence-corrected chi connectivity index (χ2v) is 8.15. The average Bonchev–Trinajstić information content (AvgIpc) is 3.38. The first-order valence-electron chi connectivity index (χ1n) is 10.3. The Bertz CT molecular complexity index is 1220. The number of carbonyl (C=O) groups is 2. The van der Waals surface area contributed by atoms with Crippen LogP contribution in [0, 0.1) is 18.7 Å². The van der Waals surface area contributed by atoms with Gasteiger partial charge in [-0.05, 0) is 75.2 Å². The number of nitrogens with one attached hydrogen (secondary N) is 1. The first kappa shape index (κ1) is 21.5. The number of carbonyl (C=O) groups excluding carboxylic acids is 2. The number of hydrogen-bond donors (Lipinski definition) is 1. The molecule has 2 amide bonds. The maximum absolute atomic E-state index is 14.6. The van der Waals surface area contributed by atoms with Gasteiger partial charge in [0.1, 0.15) is 23.7 Å². The molecule has 1 aromatic carbocycles. The topological polar surface area (TPSA) is 102 Å². The highest BCUT2D eigenvalue weighted by atomic mass is 19.1. The predicted molar refractivity (Wildman–Crippen MR) is 118 cm³/mol. The lowest BCUT2D eigenvalue weighted by Gasteiger charge is -2.12. The quantitative estimate of drug-likeness (QED) is 0.592. The van der Waals surface area contributed by atoms with Crippen molar-refractivity contribution < 1.29 is 14.0 Å². The minimum atomic E-state index is -0.634. The molecule has 0 spiro atoms.